The van der Waals surface area contributed by atoms with E-state index in [-0.39, 0.29) is 0 Å². The van der Waals surface area contributed by atoms with Crippen molar-refractivity contribution in [3.8, 4) is 0 Å². The molecule has 0 heterocycles. The second-order valence-corrected chi connectivity index (χ2v) is 5.48. The molecule has 1 aromatic carbocycles. The number of hydrogen-bond acceptors (Lipinski definition) is 4. The fourth-order valence-corrected chi connectivity index (χ4v) is 1.85. The highest BCUT2D eigenvalue weighted by Gasteiger charge is 2.26. The van der Waals surface area contributed by atoms with Gasteiger partial charge in [-0.15, -0.1) is 0 Å². The summed E-state index contributed by atoms with van der Waals surface area (Å²) in [6.07, 6.45) is -0.556. The Kier molecular flexibility index (Phi) is 4.41. The van der Waals surface area contributed by atoms with Crippen molar-refractivity contribution in [2.45, 2.75) is 23.7 Å². The molecule has 0 aliphatic rings. The largest absolute Gasteiger partial charge is 0.392 e. The van der Waals surface area contributed by atoms with Crippen LogP contribution in [-0.2, 0) is 9.84 Å². The molecule has 1 rings (SSSR count). The van der Waals surface area contributed by atoms with Crippen LogP contribution in [0.25, 0.3) is 0 Å². The Morgan fingerprint density at radius 2 is 1.82 bits per heavy atom. The van der Waals surface area contributed by atoms with Crippen LogP contribution in [-0.4, -0.2) is 31.9 Å². The van der Waals surface area contributed by atoms with Crippen LogP contribution in [0.2, 0.25) is 0 Å². The van der Waals surface area contributed by atoms with E-state index in [0.29, 0.717) is 12.2 Å². The number of aliphatic hydroxyl groups is 1. The summed E-state index contributed by atoms with van der Waals surface area (Å²) in [5, 5.41) is 11.8. The van der Waals surface area contributed by atoms with E-state index in [1.807, 2.05) is 0 Å². The molecule has 96 valence electrons. The number of sulfone groups is 1. The molecule has 0 aliphatic heterocycles. The molecule has 0 spiro atoms. The zero-order valence-corrected chi connectivity index (χ0v) is 9.92. The molecule has 2 N–H and O–H groups in total. The number of aliphatic hydroxyl groups excluding tert-OH is 1. The van der Waals surface area contributed by atoms with Gasteiger partial charge in [0.05, 0.1) is 11.0 Å². The second-order valence-electron chi connectivity index (χ2n) is 3.56. The van der Waals surface area contributed by atoms with Crippen LogP contribution in [0.1, 0.15) is 6.92 Å². The van der Waals surface area contributed by atoms with Crippen molar-refractivity contribution in [2.75, 3.05) is 11.9 Å². The first kappa shape index (κ1) is 13.9. The first-order valence-electron chi connectivity index (χ1n) is 4.88. The maximum atomic E-state index is 12.2. The summed E-state index contributed by atoms with van der Waals surface area (Å²) in [5.74, 6) is -3.42. The molecule has 1 unspecified atom stereocenters. The van der Waals surface area contributed by atoms with Crippen molar-refractivity contribution in [2.24, 2.45) is 0 Å². The molecule has 4 nitrogen and oxygen atoms in total. The third-order valence-electron chi connectivity index (χ3n) is 2.02. The minimum absolute atomic E-state index is 0.293. The van der Waals surface area contributed by atoms with E-state index in [1.54, 1.807) is 6.92 Å². The van der Waals surface area contributed by atoms with E-state index in [2.05, 4.69) is 5.32 Å². The van der Waals surface area contributed by atoms with E-state index in [4.69, 9.17) is 5.11 Å². The highest BCUT2D eigenvalue weighted by atomic mass is 32.2. The van der Waals surface area contributed by atoms with Gasteiger partial charge < -0.3 is 10.4 Å². The van der Waals surface area contributed by atoms with Crippen LogP contribution < -0.4 is 5.32 Å². The Bertz CT molecular complexity index is 457. The first-order chi connectivity index (χ1) is 7.84. The van der Waals surface area contributed by atoms with Gasteiger partial charge in [-0.2, -0.15) is 8.78 Å². The minimum atomic E-state index is -4.54. The maximum absolute atomic E-state index is 12.2. The quantitative estimate of drug-likeness (QED) is 0.846. The lowest BCUT2D eigenvalue weighted by molar-refractivity contribution is 0.208. The van der Waals surface area contributed by atoms with E-state index < -0.39 is 26.6 Å². The molecule has 0 aromatic heterocycles. The number of rotatable bonds is 5. The molecule has 1 aromatic rings. The van der Waals surface area contributed by atoms with Crippen LogP contribution in [0.4, 0.5) is 14.5 Å². The standard InChI is InChI=1S/C10H13F2NO3S/c1-7(14)6-13-8-2-4-9(5-3-8)17(15,16)10(11)12/h2-5,7,10,13-14H,6H2,1H3. The molecule has 0 radical (unpaired) electrons. The normalized spacial score (nSPS) is 13.7. The Labute approximate surface area is 98.2 Å². The van der Waals surface area contributed by atoms with Gasteiger partial charge in [-0.1, -0.05) is 0 Å². The summed E-state index contributed by atoms with van der Waals surface area (Å²) in [6.45, 7) is 1.88. The molecule has 0 amide bonds. The minimum Gasteiger partial charge on any atom is -0.392 e. The lowest BCUT2D eigenvalue weighted by Crippen LogP contribution is -2.15. The van der Waals surface area contributed by atoms with Crippen LogP contribution in [0.15, 0.2) is 29.2 Å². The lowest BCUT2D eigenvalue weighted by atomic mass is 10.3. The van der Waals surface area contributed by atoms with E-state index in [1.165, 1.54) is 12.1 Å². The summed E-state index contributed by atoms with van der Waals surface area (Å²) in [4.78, 5) is -0.421. The number of hydrogen-bond donors (Lipinski definition) is 2. The summed E-state index contributed by atoms with van der Waals surface area (Å²) >= 11 is 0. The van der Waals surface area contributed by atoms with Crippen LogP contribution in [0, 0.1) is 0 Å². The van der Waals surface area contributed by atoms with Crippen LogP contribution in [0.3, 0.4) is 0 Å². The van der Waals surface area contributed by atoms with E-state index in [0.717, 1.165) is 12.1 Å². The van der Waals surface area contributed by atoms with E-state index in [9.17, 15) is 17.2 Å². The predicted octanol–water partition coefficient (Wildman–Crippen LogP) is 1.48. The van der Waals surface area contributed by atoms with Gasteiger partial charge in [0.1, 0.15) is 0 Å². The Morgan fingerprint density at radius 3 is 2.24 bits per heavy atom. The van der Waals surface area contributed by atoms with Gasteiger partial charge in [0.25, 0.3) is 0 Å². The van der Waals surface area contributed by atoms with Gasteiger partial charge in [0.15, 0.2) is 0 Å². The molecule has 0 fully saturated rings. The van der Waals surface area contributed by atoms with Gasteiger partial charge in [-0.3, -0.25) is 0 Å². The smallest absolute Gasteiger partial charge is 0.341 e. The summed E-state index contributed by atoms with van der Waals surface area (Å²) in [6, 6.07) is 4.95. The predicted molar refractivity (Wildman–Crippen MR) is 59.8 cm³/mol. The third-order valence-corrected chi connectivity index (χ3v) is 3.42. The molecule has 0 bridgehead atoms. The van der Waals surface area contributed by atoms with Crippen molar-refractivity contribution in [1.82, 2.24) is 0 Å². The monoisotopic (exact) mass is 265 g/mol. The van der Waals surface area contributed by atoms with Gasteiger partial charge in [-0.25, -0.2) is 8.42 Å². The van der Waals surface area contributed by atoms with Gasteiger partial charge in [0.2, 0.25) is 9.84 Å². The number of benzene rings is 1. The number of anilines is 1. The molecule has 0 saturated heterocycles. The van der Waals surface area contributed by atoms with Crippen molar-refractivity contribution in [3.63, 3.8) is 0 Å². The van der Waals surface area contributed by atoms with Gasteiger partial charge >= 0.3 is 5.76 Å². The molecular weight excluding hydrogens is 252 g/mol. The lowest BCUT2D eigenvalue weighted by Gasteiger charge is -2.09. The SMILES string of the molecule is CC(O)CNc1ccc(S(=O)(=O)C(F)F)cc1. The van der Waals surface area contributed by atoms with Crippen LogP contribution >= 0.6 is 0 Å². The fourth-order valence-electron chi connectivity index (χ4n) is 1.13. The number of alkyl halides is 2. The third kappa shape index (κ3) is 3.64. The maximum Gasteiger partial charge on any atom is 0.341 e. The van der Waals surface area contributed by atoms with Crippen molar-refractivity contribution >= 4 is 15.5 Å². The van der Waals surface area contributed by atoms with Gasteiger partial charge in [-0.05, 0) is 31.2 Å². The average molecular weight is 265 g/mol. The molecule has 0 aliphatic carbocycles. The zero-order valence-electron chi connectivity index (χ0n) is 9.10. The number of halogens is 2. The second kappa shape index (κ2) is 5.42. The molecule has 0 saturated carbocycles. The highest BCUT2D eigenvalue weighted by molar-refractivity contribution is 7.91. The average Bonchev–Trinajstić information content (AvgIpc) is 2.26. The summed E-state index contributed by atoms with van der Waals surface area (Å²) in [5.41, 5.74) is 0.555. The zero-order chi connectivity index (χ0) is 13.1. The molecule has 17 heavy (non-hydrogen) atoms. The Morgan fingerprint density at radius 1 is 1.29 bits per heavy atom. The molecular formula is C10H13F2NO3S. The Hall–Kier alpha value is -1.21. The Balaban J connectivity index is 2.82. The van der Waals surface area contributed by atoms with Crippen molar-refractivity contribution < 1.29 is 22.3 Å². The van der Waals surface area contributed by atoms with Crippen LogP contribution in [0.5, 0.6) is 0 Å². The van der Waals surface area contributed by atoms with Crippen molar-refractivity contribution in [3.05, 3.63) is 24.3 Å². The fraction of sp³-hybridized carbons (Fsp3) is 0.400. The first-order valence-corrected chi connectivity index (χ1v) is 6.42. The van der Waals surface area contributed by atoms with E-state index >= 15 is 0 Å². The molecule has 1 atom stereocenters. The van der Waals surface area contributed by atoms with Gasteiger partial charge in [0, 0.05) is 12.2 Å². The summed E-state index contributed by atoms with van der Waals surface area (Å²) in [7, 11) is -4.54. The summed E-state index contributed by atoms with van der Waals surface area (Å²) < 4.78 is 46.6. The van der Waals surface area contributed by atoms with Crippen molar-refractivity contribution in [1.29, 1.82) is 0 Å². The topological polar surface area (TPSA) is 66.4 Å². The highest BCUT2D eigenvalue weighted by Crippen LogP contribution is 2.20. The molecule has 7 heteroatoms. The number of nitrogens with one attached hydrogen (secondary N) is 1.